The second kappa shape index (κ2) is 6.16. The minimum atomic E-state index is -0.215. The minimum absolute atomic E-state index is 0.215. The molecule has 1 N–H and O–H groups in total. The topological polar surface area (TPSA) is 42.0 Å². The van der Waals surface area contributed by atoms with E-state index in [-0.39, 0.29) is 5.91 Å². The summed E-state index contributed by atoms with van der Waals surface area (Å²) < 4.78 is 0. The number of carbonyl (C=O) groups is 1. The maximum absolute atomic E-state index is 11.7. The van der Waals surface area contributed by atoms with E-state index in [1.807, 2.05) is 31.2 Å². The van der Waals surface area contributed by atoms with Crippen LogP contribution in [0.3, 0.4) is 0 Å². The van der Waals surface area contributed by atoms with Crippen molar-refractivity contribution < 1.29 is 4.79 Å². The summed E-state index contributed by atoms with van der Waals surface area (Å²) in [6.45, 7) is 1.87. The van der Waals surface area contributed by atoms with E-state index in [2.05, 4.69) is 10.3 Å². The van der Waals surface area contributed by atoms with Crippen LogP contribution in [0.1, 0.15) is 11.3 Å². The first-order valence-corrected chi connectivity index (χ1v) is 6.19. The van der Waals surface area contributed by atoms with E-state index < -0.39 is 0 Å². The number of pyridine rings is 1. The van der Waals surface area contributed by atoms with Gasteiger partial charge in [0.25, 0.3) is 0 Å². The summed E-state index contributed by atoms with van der Waals surface area (Å²) in [5.41, 5.74) is 1.77. The van der Waals surface area contributed by atoms with Gasteiger partial charge in [0.15, 0.2) is 0 Å². The molecular formula is C15H13ClN2O. The van der Waals surface area contributed by atoms with E-state index in [1.165, 1.54) is 6.08 Å². The number of nitrogens with one attached hydrogen (secondary N) is 1. The normalized spacial score (nSPS) is 10.6. The van der Waals surface area contributed by atoms with Crippen molar-refractivity contribution in [2.24, 2.45) is 0 Å². The second-order valence-corrected chi connectivity index (χ2v) is 4.47. The zero-order chi connectivity index (χ0) is 13.7. The minimum Gasteiger partial charge on any atom is -0.307 e. The third-order valence-electron chi connectivity index (χ3n) is 2.44. The first-order valence-electron chi connectivity index (χ1n) is 5.82. The lowest BCUT2D eigenvalue weighted by molar-refractivity contribution is -0.111. The Kier molecular flexibility index (Phi) is 4.31. The molecule has 0 atom stereocenters. The van der Waals surface area contributed by atoms with Gasteiger partial charge in [-0.1, -0.05) is 29.8 Å². The zero-order valence-corrected chi connectivity index (χ0v) is 11.2. The summed E-state index contributed by atoms with van der Waals surface area (Å²) in [7, 11) is 0. The molecular weight excluding hydrogens is 260 g/mol. The Morgan fingerprint density at radius 1 is 1.21 bits per heavy atom. The summed E-state index contributed by atoms with van der Waals surface area (Å²) >= 11 is 5.78. The Morgan fingerprint density at radius 2 is 1.95 bits per heavy atom. The van der Waals surface area contributed by atoms with E-state index in [0.29, 0.717) is 10.8 Å². The van der Waals surface area contributed by atoms with Gasteiger partial charge in [-0.15, -0.1) is 0 Å². The summed E-state index contributed by atoms with van der Waals surface area (Å²) in [6.07, 6.45) is 3.19. The maximum atomic E-state index is 11.7. The predicted molar refractivity (Wildman–Crippen MR) is 78.1 cm³/mol. The monoisotopic (exact) mass is 272 g/mol. The average Bonchev–Trinajstić information content (AvgIpc) is 2.38. The second-order valence-electron chi connectivity index (χ2n) is 4.04. The zero-order valence-electron chi connectivity index (χ0n) is 10.4. The molecule has 2 rings (SSSR count). The molecule has 0 fully saturated rings. The molecule has 0 saturated carbocycles. The van der Waals surface area contributed by atoms with Gasteiger partial charge in [-0.3, -0.25) is 4.79 Å². The van der Waals surface area contributed by atoms with E-state index in [4.69, 9.17) is 11.6 Å². The maximum Gasteiger partial charge on any atom is 0.249 e. The van der Waals surface area contributed by atoms with Crippen LogP contribution in [0.15, 0.2) is 48.5 Å². The highest BCUT2D eigenvalue weighted by Crippen LogP contribution is 2.10. The Hall–Kier alpha value is -2.13. The molecule has 4 heteroatoms. The Bertz CT molecular complexity index is 606. The molecule has 3 nitrogen and oxygen atoms in total. The molecule has 0 unspecified atom stereocenters. The predicted octanol–water partition coefficient (Wildman–Crippen LogP) is 3.70. The fourth-order valence-corrected chi connectivity index (χ4v) is 1.65. The van der Waals surface area contributed by atoms with Crippen LogP contribution in [0.2, 0.25) is 5.02 Å². The number of carbonyl (C=O) groups excluding carboxylic acids is 1. The molecule has 0 aliphatic carbocycles. The highest BCUT2D eigenvalue weighted by molar-refractivity contribution is 6.30. The van der Waals surface area contributed by atoms with Crippen LogP contribution in [0.25, 0.3) is 6.08 Å². The van der Waals surface area contributed by atoms with E-state index in [0.717, 1.165) is 11.3 Å². The van der Waals surface area contributed by atoms with Crippen molar-refractivity contribution >= 4 is 29.4 Å². The lowest BCUT2D eigenvalue weighted by Crippen LogP contribution is -2.09. The highest BCUT2D eigenvalue weighted by Gasteiger charge is 1.98. The molecule has 96 valence electrons. The van der Waals surface area contributed by atoms with Crippen molar-refractivity contribution in [3.05, 3.63) is 64.8 Å². The molecule has 0 aliphatic heterocycles. The van der Waals surface area contributed by atoms with Gasteiger partial charge in [0.1, 0.15) is 5.82 Å². The number of halogens is 1. The van der Waals surface area contributed by atoms with Crippen LogP contribution in [0.4, 0.5) is 5.82 Å². The number of benzene rings is 1. The Morgan fingerprint density at radius 3 is 2.63 bits per heavy atom. The largest absolute Gasteiger partial charge is 0.307 e. The van der Waals surface area contributed by atoms with Gasteiger partial charge in [0.2, 0.25) is 5.91 Å². The number of amides is 1. The van der Waals surface area contributed by atoms with Gasteiger partial charge in [-0.25, -0.2) is 4.98 Å². The molecule has 0 bridgehead atoms. The Labute approximate surface area is 116 Å². The van der Waals surface area contributed by atoms with Crippen molar-refractivity contribution in [3.63, 3.8) is 0 Å². The van der Waals surface area contributed by atoms with Crippen molar-refractivity contribution in [3.8, 4) is 0 Å². The van der Waals surface area contributed by atoms with Crippen molar-refractivity contribution in [1.82, 2.24) is 4.98 Å². The van der Waals surface area contributed by atoms with Crippen molar-refractivity contribution in [2.45, 2.75) is 6.92 Å². The third kappa shape index (κ3) is 4.23. The van der Waals surface area contributed by atoms with Crippen LogP contribution in [0.5, 0.6) is 0 Å². The van der Waals surface area contributed by atoms with E-state index >= 15 is 0 Å². The average molecular weight is 273 g/mol. The first kappa shape index (κ1) is 13.3. The summed E-state index contributed by atoms with van der Waals surface area (Å²) in [5.74, 6) is 0.332. The summed E-state index contributed by atoms with van der Waals surface area (Å²) in [4.78, 5) is 15.9. The number of aryl methyl sites for hydroxylation is 1. The standard InChI is InChI=1S/C15H13ClN2O/c1-11-3-2-4-14(17-11)18-15(19)10-7-12-5-8-13(16)9-6-12/h2-10H,1H3,(H,17,18,19)/b10-7+. The Balaban J connectivity index is 1.99. The van der Waals surface area contributed by atoms with Crippen LogP contribution >= 0.6 is 11.6 Å². The van der Waals surface area contributed by atoms with Gasteiger partial charge >= 0.3 is 0 Å². The molecule has 1 aromatic carbocycles. The quantitative estimate of drug-likeness (QED) is 0.866. The molecule has 19 heavy (non-hydrogen) atoms. The van der Waals surface area contributed by atoms with Crippen LogP contribution in [0, 0.1) is 6.92 Å². The highest BCUT2D eigenvalue weighted by atomic mass is 35.5. The molecule has 1 amide bonds. The van der Waals surface area contributed by atoms with Gasteiger partial charge < -0.3 is 5.32 Å². The number of anilines is 1. The number of hydrogen-bond acceptors (Lipinski definition) is 2. The van der Waals surface area contributed by atoms with E-state index in [1.54, 1.807) is 24.3 Å². The van der Waals surface area contributed by atoms with E-state index in [9.17, 15) is 4.79 Å². The van der Waals surface area contributed by atoms with Gasteiger partial charge in [-0.05, 0) is 42.8 Å². The lowest BCUT2D eigenvalue weighted by atomic mass is 10.2. The fourth-order valence-electron chi connectivity index (χ4n) is 1.53. The lowest BCUT2D eigenvalue weighted by Gasteiger charge is -2.01. The summed E-state index contributed by atoms with van der Waals surface area (Å²) in [5, 5.41) is 3.37. The molecule has 0 saturated heterocycles. The molecule has 0 radical (unpaired) electrons. The van der Waals surface area contributed by atoms with Crippen molar-refractivity contribution in [1.29, 1.82) is 0 Å². The third-order valence-corrected chi connectivity index (χ3v) is 2.69. The van der Waals surface area contributed by atoms with Gasteiger partial charge in [0.05, 0.1) is 0 Å². The number of rotatable bonds is 3. The molecule has 1 heterocycles. The number of hydrogen-bond donors (Lipinski definition) is 1. The molecule has 2 aromatic rings. The molecule has 0 aliphatic rings. The molecule has 1 aromatic heterocycles. The number of nitrogens with zero attached hydrogens (tertiary/aromatic N) is 1. The first-order chi connectivity index (χ1) is 9.13. The SMILES string of the molecule is Cc1cccc(NC(=O)/C=C/c2ccc(Cl)cc2)n1. The molecule has 0 spiro atoms. The van der Waals surface area contributed by atoms with Gasteiger partial charge in [0, 0.05) is 16.8 Å². The van der Waals surface area contributed by atoms with Crippen LogP contribution in [-0.2, 0) is 4.79 Å². The summed E-state index contributed by atoms with van der Waals surface area (Å²) in [6, 6.07) is 12.7. The van der Waals surface area contributed by atoms with Crippen molar-refractivity contribution in [2.75, 3.05) is 5.32 Å². The smallest absolute Gasteiger partial charge is 0.249 e. The van der Waals surface area contributed by atoms with Gasteiger partial charge in [-0.2, -0.15) is 0 Å². The fraction of sp³-hybridized carbons (Fsp3) is 0.0667. The van der Waals surface area contributed by atoms with Crippen LogP contribution < -0.4 is 5.32 Å². The van der Waals surface area contributed by atoms with Crippen LogP contribution in [-0.4, -0.2) is 10.9 Å². The number of aromatic nitrogens is 1.